The molecule has 0 aliphatic carbocycles. The van der Waals surface area contributed by atoms with Gasteiger partial charge in [0.2, 0.25) is 0 Å². The SMILES string of the molecule is CC(N)c1ccnc(N2CC=C(C(F)(F)F)CC2)c1. The maximum Gasteiger partial charge on any atom is 0.412 e. The molecule has 2 heterocycles. The number of halogens is 3. The van der Waals surface area contributed by atoms with Crippen LogP contribution >= 0.6 is 0 Å². The van der Waals surface area contributed by atoms with Gasteiger partial charge in [-0.1, -0.05) is 6.08 Å². The topological polar surface area (TPSA) is 42.1 Å². The third-order valence-corrected chi connectivity index (χ3v) is 3.19. The average molecular weight is 271 g/mol. The molecule has 2 rings (SSSR count). The smallest absolute Gasteiger partial charge is 0.353 e. The molecule has 0 bridgehead atoms. The first-order valence-corrected chi connectivity index (χ1v) is 6.10. The molecule has 0 fully saturated rings. The van der Waals surface area contributed by atoms with Crippen LogP contribution in [0.25, 0.3) is 0 Å². The molecule has 0 saturated carbocycles. The van der Waals surface area contributed by atoms with Crippen LogP contribution in [-0.2, 0) is 0 Å². The minimum absolute atomic E-state index is 0.00636. The molecule has 104 valence electrons. The summed E-state index contributed by atoms with van der Waals surface area (Å²) < 4.78 is 37.6. The number of pyridine rings is 1. The van der Waals surface area contributed by atoms with Crippen LogP contribution in [-0.4, -0.2) is 24.2 Å². The monoisotopic (exact) mass is 271 g/mol. The van der Waals surface area contributed by atoms with Crippen molar-refractivity contribution in [2.75, 3.05) is 18.0 Å². The molecule has 1 aliphatic heterocycles. The Balaban J connectivity index is 2.14. The number of aromatic nitrogens is 1. The van der Waals surface area contributed by atoms with E-state index in [2.05, 4.69) is 4.98 Å². The molecule has 0 amide bonds. The highest BCUT2D eigenvalue weighted by Gasteiger charge is 2.34. The normalized spacial score (nSPS) is 18.2. The number of alkyl halides is 3. The lowest BCUT2D eigenvalue weighted by Crippen LogP contribution is -2.32. The Hall–Kier alpha value is -1.56. The summed E-state index contributed by atoms with van der Waals surface area (Å²) in [5, 5.41) is 0. The summed E-state index contributed by atoms with van der Waals surface area (Å²) in [6.07, 6.45) is -1.36. The number of hydrogen-bond acceptors (Lipinski definition) is 3. The molecule has 1 aromatic rings. The number of hydrogen-bond donors (Lipinski definition) is 1. The van der Waals surface area contributed by atoms with Gasteiger partial charge in [0, 0.05) is 30.9 Å². The van der Waals surface area contributed by atoms with Crippen molar-refractivity contribution in [3.63, 3.8) is 0 Å². The molecule has 0 radical (unpaired) electrons. The molecule has 1 unspecified atom stereocenters. The van der Waals surface area contributed by atoms with Gasteiger partial charge in [0.05, 0.1) is 0 Å². The molecule has 1 aliphatic rings. The van der Waals surface area contributed by atoms with Crippen LogP contribution < -0.4 is 10.6 Å². The van der Waals surface area contributed by atoms with Gasteiger partial charge in [-0.2, -0.15) is 13.2 Å². The van der Waals surface area contributed by atoms with E-state index in [0.717, 1.165) is 5.56 Å². The zero-order valence-electron chi connectivity index (χ0n) is 10.6. The third kappa shape index (κ3) is 3.26. The molecule has 0 saturated heterocycles. The second kappa shape index (κ2) is 5.21. The molecule has 2 N–H and O–H groups in total. The van der Waals surface area contributed by atoms with Crippen molar-refractivity contribution >= 4 is 5.82 Å². The van der Waals surface area contributed by atoms with Gasteiger partial charge in [-0.15, -0.1) is 0 Å². The van der Waals surface area contributed by atoms with Gasteiger partial charge in [0.1, 0.15) is 5.82 Å². The van der Waals surface area contributed by atoms with Gasteiger partial charge in [-0.3, -0.25) is 0 Å². The predicted molar refractivity (Wildman–Crippen MR) is 67.8 cm³/mol. The minimum Gasteiger partial charge on any atom is -0.353 e. The van der Waals surface area contributed by atoms with Gasteiger partial charge in [0.15, 0.2) is 0 Å². The average Bonchev–Trinajstić information content (AvgIpc) is 2.38. The zero-order valence-corrected chi connectivity index (χ0v) is 10.6. The quantitative estimate of drug-likeness (QED) is 0.841. The van der Waals surface area contributed by atoms with E-state index in [4.69, 9.17) is 5.73 Å². The van der Waals surface area contributed by atoms with E-state index in [1.54, 1.807) is 6.20 Å². The largest absolute Gasteiger partial charge is 0.412 e. The number of anilines is 1. The van der Waals surface area contributed by atoms with Crippen molar-refractivity contribution in [2.24, 2.45) is 5.73 Å². The summed E-state index contributed by atoms with van der Waals surface area (Å²) in [5.41, 5.74) is 6.26. The van der Waals surface area contributed by atoms with Crippen LogP contribution in [0.5, 0.6) is 0 Å². The van der Waals surface area contributed by atoms with E-state index >= 15 is 0 Å². The lowest BCUT2D eigenvalue weighted by atomic mass is 10.1. The Morgan fingerprint density at radius 1 is 1.42 bits per heavy atom. The van der Waals surface area contributed by atoms with E-state index in [0.29, 0.717) is 12.4 Å². The van der Waals surface area contributed by atoms with Crippen molar-refractivity contribution in [1.82, 2.24) is 4.98 Å². The first-order chi connectivity index (χ1) is 8.88. The van der Waals surface area contributed by atoms with Crippen molar-refractivity contribution < 1.29 is 13.2 Å². The highest BCUT2D eigenvalue weighted by atomic mass is 19.4. The zero-order chi connectivity index (χ0) is 14.0. The van der Waals surface area contributed by atoms with E-state index in [1.165, 1.54) is 6.08 Å². The van der Waals surface area contributed by atoms with Crippen molar-refractivity contribution in [3.8, 4) is 0 Å². The molecule has 3 nitrogen and oxygen atoms in total. The van der Waals surface area contributed by atoms with Crippen molar-refractivity contribution in [2.45, 2.75) is 25.6 Å². The summed E-state index contributed by atoms with van der Waals surface area (Å²) in [4.78, 5) is 6.01. The van der Waals surface area contributed by atoms with Gasteiger partial charge < -0.3 is 10.6 Å². The molecule has 19 heavy (non-hydrogen) atoms. The third-order valence-electron chi connectivity index (χ3n) is 3.19. The first-order valence-electron chi connectivity index (χ1n) is 6.10. The summed E-state index contributed by atoms with van der Waals surface area (Å²) in [6, 6.07) is 3.53. The van der Waals surface area contributed by atoms with E-state index in [9.17, 15) is 13.2 Å². The molecule has 0 aromatic carbocycles. The highest BCUT2D eigenvalue weighted by Crippen LogP contribution is 2.31. The maximum atomic E-state index is 12.5. The second-order valence-electron chi connectivity index (χ2n) is 4.66. The fourth-order valence-electron chi connectivity index (χ4n) is 2.03. The van der Waals surface area contributed by atoms with Crippen LogP contribution in [0.2, 0.25) is 0 Å². The number of rotatable bonds is 2. The molecular formula is C13H16F3N3. The molecule has 1 atom stereocenters. The van der Waals surface area contributed by atoms with Crippen molar-refractivity contribution in [3.05, 3.63) is 35.5 Å². The second-order valence-corrected chi connectivity index (χ2v) is 4.66. The Morgan fingerprint density at radius 3 is 2.68 bits per heavy atom. The summed E-state index contributed by atoms with van der Waals surface area (Å²) >= 11 is 0. The number of nitrogens with two attached hydrogens (primary N) is 1. The van der Waals surface area contributed by atoms with E-state index in [-0.39, 0.29) is 19.0 Å². The molecular weight excluding hydrogens is 255 g/mol. The van der Waals surface area contributed by atoms with Gasteiger partial charge in [-0.05, 0) is 31.0 Å². The first kappa shape index (κ1) is 13.9. The Labute approximate surface area is 109 Å². The summed E-state index contributed by atoms with van der Waals surface area (Å²) in [7, 11) is 0. The van der Waals surface area contributed by atoms with Crippen LogP contribution in [0.4, 0.5) is 19.0 Å². The standard InChI is InChI=1S/C13H16F3N3/c1-9(17)10-2-5-18-12(8-10)19-6-3-11(4-7-19)13(14,15)16/h2-3,5,8-9H,4,6-7,17H2,1H3. The predicted octanol–water partition coefficient (Wildman–Crippen LogP) is 2.80. The summed E-state index contributed by atoms with van der Waals surface area (Å²) in [5.74, 6) is 0.673. The minimum atomic E-state index is -4.22. The van der Waals surface area contributed by atoms with Crippen LogP contribution in [0, 0.1) is 0 Å². The maximum absolute atomic E-state index is 12.5. The summed E-state index contributed by atoms with van der Waals surface area (Å²) in [6.45, 7) is 2.40. The molecule has 6 heteroatoms. The van der Waals surface area contributed by atoms with E-state index < -0.39 is 11.7 Å². The van der Waals surface area contributed by atoms with E-state index in [1.807, 2.05) is 24.0 Å². The van der Waals surface area contributed by atoms with Gasteiger partial charge in [0.25, 0.3) is 0 Å². The fraction of sp³-hybridized carbons (Fsp3) is 0.462. The Morgan fingerprint density at radius 2 is 2.16 bits per heavy atom. The van der Waals surface area contributed by atoms with Crippen molar-refractivity contribution in [1.29, 1.82) is 0 Å². The number of nitrogens with zero attached hydrogens (tertiary/aromatic N) is 2. The fourth-order valence-corrected chi connectivity index (χ4v) is 2.03. The lowest BCUT2D eigenvalue weighted by molar-refractivity contribution is -0.0944. The molecule has 1 aromatic heterocycles. The van der Waals surface area contributed by atoms with Crippen LogP contribution in [0.1, 0.15) is 24.9 Å². The highest BCUT2D eigenvalue weighted by molar-refractivity contribution is 5.44. The van der Waals surface area contributed by atoms with Crippen LogP contribution in [0.15, 0.2) is 30.0 Å². The Kier molecular flexibility index (Phi) is 3.80. The van der Waals surface area contributed by atoms with Crippen LogP contribution in [0.3, 0.4) is 0 Å². The molecule has 0 spiro atoms. The lowest BCUT2D eigenvalue weighted by Gasteiger charge is -2.28. The van der Waals surface area contributed by atoms with Gasteiger partial charge in [-0.25, -0.2) is 4.98 Å². The van der Waals surface area contributed by atoms with Gasteiger partial charge >= 0.3 is 6.18 Å². The Bertz CT molecular complexity index is 480.